The molecule has 0 bridgehead atoms. The van der Waals surface area contributed by atoms with Gasteiger partial charge in [-0.15, -0.1) is 0 Å². The average molecular weight is 547 g/mol. The van der Waals surface area contributed by atoms with Gasteiger partial charge >= 0.3 is 0 Å². The topological polar surface area (TPSA) is 66.0 Å². The zero-order valence-electron chi connectivity index (χ0n) is 26.4. The first-order valence-electron chi connectivity index (χ1n) is 17.1. The molecular weight excluding hydrogens is 480 g/mol. The Kier molecular flexibility index (Phi) is 30.5. The van der Waals surface area contributed by atoms with E-state index in [1.54, 1.807) is 0 Å². The van der Waals surface area contributed by atoms with Crippen LogP contribution in [-0.2, 0) is 9.47 Å². The second-order valence-corrected chi connectivity index (χ2v) is 12.1. The molecule has 0 amide bonds. The predicted molar refractivity (Wildman–Crippen MR) is 167 cm³/mol. The average Bonchev–Trinajstić information content (AvgIpc) is 2.93. The van der Waals surface area contributed by atoms with Crippen LogP contribution in [0.3, 0.4) is 0 Å². The van der Waals surface area contributed by atoms with Crippen LogP contribution in [0.1, 0.15) is 181 Å². The Morgan fingerprint density at radius 3 is 0.923 bits per heavy atom. The van der Waals surface area contributed by atoms with Gasteiger partial charge in [-0.1, -0.05) is 155 Å². The minimum Gasteiger partial charge on any atom is -0.381 e. The number of unbranched alkanes of at least 4 members (excludes halogenated alkanes) is 22. The summed E-state index contributed by atoms with van der Waals surface area (Å²) in [4.78, 5) is 0. The minimum absolute atomic E-state index is 0.317. The standard InChI is InChI=1S/C35H66N2O2/c1-3-5-7-9-11-13-15-17-19-21-23-25-31-38-33-35(27-29-36,28-30-37)34-39-32-26-24-22-20-18-16-14-12-10-8-6-4-2/h3-28,31-34H2,1-2H3. The maximum Gasteiger partial charge on any atom is 0.0629 e. The highest BCUT2D eigenvalue weighted by atomic mass is 16.5. The van der Waals surface area contributed by atoms with Gasteiger partial charge in [0.25, 0.3) is 0 Å². The molecule has 0 aliphatic heterocycles. The van der Waals surface area contributed by atoms with Crippen LogP contribution in [0.5, 0.6) is 0 Å². The Morgan fingerprint density at radius 1 is 0.410 bits per heavy atom. The second kappa shape index (κ2) is 31.4. The highest BCUT2D eigenvalue weighted by Crippen LogP contribution is 2.28. The van der Waals surface area contributed by atoms with Gasteiger partial charge in [0, 0.05) is 31.5 Å². The van der Waals surface area contributed by atoms with Gasteiger partial charge < -0.3 is 9.47 Å². The van der Waals surface area contributed by atoms with Crippen molar-refractivity contribution < 1.29 is 9.47 Å². The number of nitrogens with zero attached hydrogens (tertiary/aromatic N) is 2. The van der Waals surface area contributed by atoms with Crippen LogP contribution < -0.4 is 0 Å². The third kappa shape index (κ3) is 26.9. The van der Waals surface area contributed by atoms with Crippen molar-refractivity contribution >= 4 is 0 Å². The van der Waals surface area contributed by atoms with Crippen LogP contribution in [0.25, 0.3) is 0 Å². The van der Waals surface area contributed by atoms with Gasteiger partial charge in [-0.25, -0.2) is 0 Å². The van der Waals surface area contributed by atoms with Crippen molar-refractivity contribution in [3.63, 3.8) is 0 Å². The van der Waals surface area contributed by atoms with Gasteiger partial charge in [0.1, 0.15) is 0 Å². The van der Waals surface area contributed by atoms with Crippen LogP contribution in [0.15, 0.2) is 0 Å². The van der Waals surface area contributed by atoms with Crippen molar-refractivity contribution in [1.82, 2.24) is 0 Å². The van der Waals surface area contributed by atoms with E-state index in [9.17, 15) is 10.5 Å². The largest absolute Gasteiger partial charge is 0.381 e. The fourth-order valence-corrected chi connectivity index (χ4v) is 5.31. The molecule has 0 atom stereocenters. The van der Waals surface area contributed by atoms with Crippen LogP contribution in [0.2, 0.25) is 0 Å². The van der Waals surface area contributed by atoms with E-state index < -0.39 is 5.41 Å². The summed E-state index contributed by atoms with van der Waals surface area (Å²) in [5.74, 6) is 0. The van der Waals surface area contributed by atoms with E-state index in [2.05, 4.69) is 26.0 Å². The smallest absolute Gasteiger partial charge is 0.0629 e. The summed E-state index contributed by atoms with van der Waals surface area (Å²) in [5, 5.41) is 18.8. The number of rotatable bonds is 32. The lowest BCUT2D eigenvalue weighted by molar-refractivity contribution is -0.0200. The monoisotopic (exact) mass is 547 g/mol. The van der Waals surface area contributed by atoms with Gasteiger partial charge in [-0.3, -0.25) is 0 Å². The summed E-state index contributed by atoms with van der Waals surface area (Å²) in [6, 6.07) is 4.56. The molecule has 0 saturated carbocycles. The third-order valence-corrected chi connectivity index (χ3v) is 8.01. The summed E-state index contributed by atoms with van der Waals surface area (Å²) < 4.78 is 12.0. The van der Waals surface area contributed by atoms with Crippen LogP contribution in [-0.4, -0.2) is 26.4 Å². The Labute approximate surface area is 244 Å². The lowest BCUT2D eigenvalue weighted by atomic mass is 9.83. The summed E-state index contributed by atoms with van der Waals surface area (Å²) in [5.41, 5.74) is -0.488. The van der Waals surface area contributed by atoms with Gasteiger partial charge in [0.15, 0.2) is 0 Å². The Hall–Kier alpha value is -1.10. The number of hydrogen-bond donors (Lipinski definition) is 0. The number of ether oxygens (including phenoxy) is 2. The molecule has 0 unspecified atom stereocenters. The van der Waals surface area contributed by atoms with Gasteiger partial charge in [-0.2, -0.15) is 10.5 Å². The molecule has 0 aromatic carbocycles. The summed E-state index contributed by atoms with van der Waals surface area (Å²) in [6.07, 6.45) is 32.6. The van der Waals surface area contributed by atoms with Crippen molar-refractivity contribution in [3.8, 4) is 12.1 Å². The lowest BCUT2D eigenvalue weighted by Gasteiger charge is -2.28. The molecule has 0 radical (unpaired) electrons. The zero-order valence-corrected chi connectivity index (χ0v) is 26.4. The molecule has 0 spiro atoms. The quantitative estimate of drug-likeness (QED) is 0.0787. The van der Waals surface area contributed by atoms with E-state index in [1.807, 2.05) is 0 Å². The molecule has 39 heavy (non-hydrogen) atoms. The third-order valence-electron chi connectivity index (χ3n) is 8.01. The highest BCUT2D eigenvalue weighted by molar-refractivity contribution is 4.95. The number of nitriles is 2. The van der Waals surface area contributed by atoms with Gasteiger partial charge in [-0.05, 0) is 12.8 Å². The lowest BCUT2D eigenvalue weighted by Crippen LogP contribution is -2.32. The van der Waals surface area contributed by atoms with Gasteiger partial charge in [0.2, 0.25) is 0 Å². The molecule has 0 heterocycles. The van der Waals surface area contributed by atoms with Crippen LogP contribution in [0.4, 0.5) is 0 Å². The molecule has 0 aromatic heterocycles. The van der Waals surface area contributed by atoms with Crippen molar-refractivity contribution in [2.24, 2.45) is 5.41 Å². The first-order valence-corrected chi connectivity index (χ1v) is 17.1. The Bertz CT molecular complexity index is 516. The van der Waals surface area contributed by atoms with Gasteiger partial charge in [0.05, 0.1) is 25.4 Å². The first-order chi connectivity index (χ1) is 19.2. The molecule has 0 N–H and O–H groups in total. The molecule has 4 nitrogen and oxygen atoms in total. The highest BCUT2D eigenvalue weighted by Gasteiger charge is 2.31. The fraction of sp³-hybridized carbons (Fsp3) is 0.943. The van der Waals surface area contributed by atoms with E-state index in [4.69, 9.17) is 9.47 Å². The molecule has 0 fully saturated rings. The SMILES string of the molecule is CCCCCCCCCCCCCCOCC(CC#N)(CC#N)COCCCCCCCCCCCCCC. The second-order valence-electron chi connectivity index (χ2n) is 12.1. The Morgan fingerprint density at radius 2 is 0.667 bits per heavy atom. The maximum atomic E-state index is 9.39. The van der Waals surface area contributed by atoms with E-state index >= 15 is 0 Å². The molecule has 0 aromatic rings. The first kappa shape index (κ1) is 37.9. The van der Waals surface area contributed by atoms with E-state index in [1.165, 1.54) is 141 Å². The van der Waals surface area contributed by atoms with Crippen molar-refractivity contribution in [3.05, 3.63) is 0 Å². The molecule has 0 aliphatic rings. The molecule has 0 aliphatic carbocycles. The molecule has 4 heteroatoms. The van der Waals surface area contributed by atoms with E-state index in [-0.39, 0.29) is 0 Å². The number of hydrogen-bond acceptors (Lipinski definition) is 4. The maximum absolute atomic E-state index is 9.39. The predicted octanol–water partition coefficient (Wildman–Crippen LogP) is 11.2. The molecule has 0 rings (SSSR count). The fourth-order valence-electron chi connectivity index (χ4n) is 5.31. The van der Waals surface area contributed by atoms with E-state index in [0.29, 0.717) is 26.1 Å². The van der Waals surface area contributed by atoms with Crippen molar-refractivity contribution in [1.29, 1.82) is 10.5 Å². The van der Waals surface area contributed by atoms with Crippen LogP contribution >= 0.6 is 0 Å². The summed E-state index contributed by atoms with van der Waals surface area (Å²) in [6.45, 7) is 6.88. The van der Waals surface area contributed by atoms with Crippen molar-refractivity contribution in [2.45, 2.75) is 181 Å². The minimum atomic E-state index is -0.488. The summed E-state index contributed by atoms with van der Waals surface area (Å²) in [7, 11) is 0. The van der Waals surface area contributed by atoms with Crippen LogP contribution in [0, 0.1) is 28.1 Å². The zero-order chi connectivity index (χ0) is 28.5. The van der Waals surface area contributed by atoms with Crippen molar-refractivity contribution in [2.75, 3.05) is 26.4 Å². The molecular formula is C35H66N2O2. The summed E-state index contributed by atoms with van der Waals surface area (Å²) >= 11 is 0. The normalized spacial score (nSPS) is 11.5. The molecule has 228 valence electrons. The Balaban J connectivity index is 3.80. The molecule has 0 saturated heterocycles. The van der Waals surface area contributed by atoms with E-state index in [0.717, 1.165) is 26.1 Å².